The second-order valence-electron chi connectivity index (χ2n) is 8.36. The molecule has 1 aliphatic rings. The third-order valence-electron chi connectivity index (χ3n) is 6.02. The smallest absolute Gasteiger partial charge is 0.266 e. The Morgan fingerprint density at radius 1 is 1.11 bits per heavy atom. The molecule has 0 aliphatic carbocycles. The van der Waals surface area contributed by atoms with Crippen LogP contribution in [0.25, 0.3) is 11.8 Å². The number of carbonyl (C=O) groups excluding carboxylic acids is 1. The summed E-state index contributed by atoms with van der Waals surface area (Å²) in [5.41, 5.74) is 5.64. The van der Waals surface area contributed by atoms with Gasteiger partial charge in [-0.25, -0.2) is 0 Å². The average molecular weight is 471 g/mol. The number of hydrogen-bond donors (Lipinski definition) is 1. The molecule has 0 spiro atoms. The van der Waals surface area contributed by atoms with Gasteiger partial charge in [0.1, 0.15) is 17.4 Å². The van der Waals surface area contributed by atoms with Gasteiger partial charge in [0.15, 0.2) is 0 Å². The van der Waals surface area contributed by atoms with Crippen LogP contribution < -0.4 is 15.0 Å². The zero-order valence-electron chi connectivity index (χ0n) is 20.4. The molecule has 4 rings (SSSR count). The third-order valence-corrected chi connectivity index (χ3v) is 6.02. The molecule has 7 heteroatoms. The first-order chi connectivity index (χ1) is 17.0. The summed E-state index contributed by atoms with van der Waals surface area (Å²) in [6.07, 6.45) is 1.64. The summed E-state index contributed by atoms with van der Waals surface area (Å²) in [7, 11) is 0. The van der Waals surface area contributed by atoms with Crippen molar-refractivity contribution >= 4 is 23.4 Å². The molecular weight excluding hydrogens is 440 g/mol. The highest BCUT2D eigenvalue weighted by atomic mass is 16.5. The van der Waals surface area contributed by atoms with Crippen LogP contribution in [0.2, 0.25) is 0 Å². The van der Waals surface area contributed by atoms with E-state index in [1.54, 1.807) is 24.3 Å². The van der Waals surface area contributed by atoms with Crippen molar-refractivity contribution in [2.75, 3.05) is 43.1 Å². The molecule has 0 bridgehead atoms. The van der Waals surface area contributed by atoms with Gasteiger partial charge in [-0.3, -0.25) is 4.79 Å². The molecule has 0 saturated carbocycles. The lowest BCUT2D eigenvalue weighted by Gasteiger charge is -2.29. The number of aromatic nitrogens is 1. The van der Waals surface area contributed by atoms with Crippen molar-refractivity contribution in [3.63, 3.8) is 0 Å². The topological polar surface area (TPSA) is 79.5 Å². The number of hydrogen-bond acceptors (Lipinski definition) is 5. The van der Waals surface area contributed by atoms with Crippen LogP contribution in [-0.2, 0) is 9.53 Å². The number of rotatable bonds is 7. The minimum absolute atomic E-state index is 0.0368. The lowest BCUT2D eigenvalue weighted by Crippen LogP contribution is -2.36. The zero-order chi connectivity index (χ0) is 24.8. The van der Waals surface area contributed by atoms with Gasteiger partial charge < -0.3 is 24.3 Å². The van der Waals surface area contributed by atoms with Gasteiger partial charge in [-0.05, 0) is 74.9 Å². The third kappa shape index (κ3) is 5.56. The normalized spacial score (nSPS) is 13.9. The van der Waals surface area contributed by atoms with E-state index in [-0.39, 0.29) is 5.57 Å². The Bertz CT molecular complexity index is 1260. The van der Waals surface area contributed by atoms with Crippen LogP contribution in [0.4, 0.5) is 11.4 Å². The van der Waals surface area contributed by atoms with E-state index in [4.69, 9.17) is 9.47 Å². The van der Waals surface area contributed by atoms with Crippen molar-refractivity contribution < 1.29 is 14.3 Å². The van der Waals surface area contributed by atoms with Crippen LogP contribution in [-0.4, -0.2) is 43.4 Å². The molecule has 0 unspecified atom stereocenters. The number of benzene rings is 2. The molecule has 180 valence electrons. The summed E-state index contributed by atoms with van der Waals surface area (Å²) < 4.78 is 13.1. The second-order valence-corrected chi connectivity index (χ2v) is 8.36. The highest BCUT2D eigenvalue weighted by Crippen LogP contribution is 2.26. The van der Waals surface area contributed by atoms with E-state index in [9.17, 15) is 10.1 Å². The quantitative estimate of drug-likeness (QED) is 0.393. The van der Waals surface area contributed by atoms with Gasteiger partial charge >= 0.3 is 0 Å². The van der Waals surface area contributed by atoms with Crippen molar-refractivity contribution in [2.24, 2.45) is 0 Å². The summed E-state index contributed by atoms with van der Waals surface area (Å²) in [5, 5.41) is 12.5. The summed E-state index contributed by atoms with van der Waals surface area (Å²) in [4.78, 5) is 15.1. The standard InChI is InChI=1S/C28H30N4O3/c1-4-35-27-7-5-6-24(18-27)30-28(33)23(19-29)17-22-16-20(2)32(21(22)3)26-10-8-25(9-11-26)31-12-14-34-15-13-31/h5-11,16-18H,4,12-15H2,1-3H3,(H,30,33)/b23-17+. The first-order valence-electron chi connectivity index (χ1n) is 11.8. The lowest BCUT2D eigenvalue weighted by molar-refractivity contribution is -0.112. The number of nitriles is 1. The fourth-order valence-electron chi connectivity index (χ4n) is 4.30. The number of morpholine rings is 1. The van der Waals surface area contributed by atoms with Crippen LogP contribution >= 0.6 is 0 Å². The Hall–Kier alpha value is -4.02. The van der Waals surface area contributed by atoms with E-state index in [2.05, 4.69) is 39.0 Å². The van der Waals surface area contributed by atoms with E-state index >= 15 is 0 Å². The maximum atomic E-state index is 12.8. The predicted molar refractivity (Wildman–Crippen MR) is 138 cm³/mol. The molecule has 1 aliphatic heterocycles. The maximum Gasteiger partial charge on any atom is 0.266 e. The van der Waals surface area contributed by atoms with E-state index in [1.165, 1.54) is 5.69 Å². The van der Waals surface area contributed by atoms with Crippen LogP contribution in [0.5, 0.6) is 5.75 Å². The van der Waals surface area contributed by atoms with Crippen molar-refractivity contribution in [1.29, 1.82) is 5.26 Å². The highest BCUT2D eigenvalue weighted by Gasteiger charge is 2.15. The predicted octanol–water partition coefficient (Wildman–Crippen LogP) is 4.88. The fraction of sp³-hybridized carbons (Fsp3) is 0.286. The number of nitrogens with one attached hydrogen (secondary N) is 1. The van der Waals surface area contributed by atoms with Crippen LogP contribution in [0.15, 0.2) is 60.2 Å². The zero-order valence-corrected chi connectivity index (χ0v) is 20.4. The largest absolute Gasteiger partial charge is 0.494 e. The van der Waals surface area contributed by atoms with Gasteiger partial charge in [0.2, 0.25) is 0 Å². The van der Waals surface area contributed by atoms with Gasteiger partial charge in [0.05, 0.1) is 19.8 Å². The Morgan fingerprint density at radius 3 is 2.51 bits per heavy atom. The number of anilines is 2. The monoisotopic (exact) mass is 470 g/mol. The molecule has 1 aromatic heterocycles. The number of amides is 1. The van der Waals surface area contributed by atoms with Crippen LogP contribution in [0, 0.1) is 25.2 Å². The minimum Gasteiger partial charge on any atom is -0.494 e. The summed E-state index contributed by atoms with van der Waals surface area (Å²) >= 11 is 0. The maximum absolute atomic E-state index is 12.8. The van der Waals surface area contributed by atoms with E-state index < -0.39 is 5.91 Å². The molecule has 0 radical (unpaired) electrons. The lowest BCUT2D eigenvalue weighted by atomic mass is 10.1. The summed E-state index contributed by atoms with van der Waals surface area (Å²) in [6, 6.07) is 19.6. The number of nitrogens with zero attached hydrogens (tertiary/aromatic N) is 3. The summed E-state index contributed by atoms with van der Waals surface area (Å²) in [5.74, 6) is 0.205. The first-order valence-corrected chi connectivity index (χ1v) is 11.8. The molecule has 7 nitrogen and oxygen atoms in total. The van der Waals surface area contributed by atoms with E-state index in [1.807, 2.05) is 39.0 Å². The Kier molecular flexibility index (Phi) is 7.54. The van der Waals surface area contributed by atoms with E-state index in [0.717, 1.165) is 48.9 Å². The van der Waals surface area contributed by atoms with Gasteiger partial charge in [0, 0.05) is 47.6 Å². The van der Waals surface area contributed by atoms with Gasteiger partial charge in [0.25, 0.3) is 5.91 Å². The molecule has 1 N–H and O–H groups in total. The number of aryl methyl sites for hydroxylation is 1. The molecule has 3 aromatic rings. The molecule has 35 heavy (non-hydrogen) atoms. The van der Waals surface area contributed by atoms with Crippen LogP contribution in [0.3, 0.4) is 0 Å². The highest BCUT2D eigenvalue weighted by molar-refractivity contribution is 6.09. The van der Waals surface area contributed by atoms with Gasteiger partial charge in [-0.1, -0.05) is 6.07 Å². The number of carbonyl (C=O) groups is 1. The van der Waals surface area contributed by atoms with Gasteiger partial charge in [-0.15, -0.1) is 0 Å². The molecule has 2 heterocycles. The first kappa shape index (κ1) is 24.1. The molecule has 1 saturated heterocycles. The molecule has 1 amide bonds. The SMILES string of the molecule is CCOc1cccc(NC(=O)/C(C#N)=C/c2cc(C)n(-c3ccc(N4CCOCC4)cc3)c2C)c1. The van der Waals surface area contributed by atoms with Crippen molar-refractivity contribution in [3.05, 3.63) is 77.1 Å². The second kappa shape index (κ2) is 10.9. The Balaban J connectivity index is 1.55. The Morgan fingerprint density at radius 2 is 1.83 bits per heavy atom. The molecule has 2 aromatic carbocycles. The summed E-state index contributed by atoms with van der Waals surface area (Å²) in [6.45, 7) is 9.73. The van der Waals surface area contributed by atoms with Crippen LogP contribution in [0.1, 0.15) is 23.9 Å². The Labute approximate surface area is 206 Å². The average Bonchev–Trinajstić information content (AvgIpc) is 3.16. The number of ether oxygens (including phenoxy) is 2. The van der Waals surface area contributed by atoms with E-state index in [0.29, 0.717) is 18.0 Å². The van der Waals surface area contributed by atoms with Crippen molar-refractivity contribution in [2.45, 2.75) is 20.8 Å². The molecular formula is C28H30N4O3. The minimum atomic E-state index is -0.458. The van der Waals surface area contributed by atoms with Gasteiger partial charge in [-0.2, -0.15) is 5.26 Å². The fourth-order valence-corrected chi connectivity index (χ4v) is 4.30. The van der Waals surface area contributed by atoms with Crippen molar-refractivity contribution in [1.82, 2.24) is 4.57 Å². The molecule has 0 atom stereocenters. The van der Waals surface area contributed by atoms with Crippen molar-refractivity contribution in [3.8, 4) is 17.5 Å². The molecule has 1 fully saturated rings.